The summed E-state index contributed by atoms with van der Waals surface area (Å²) in [5.41, 5.74) is -0.693. The molecule has 0 fully saturated rings. The van der Waals surface area contributed by atoms with Crippen molar-refractivity contribution in [2.45, 2.75) is 39.9 Å². The van der Waals surface area contributed by atoms with Crippen LogP contribution in [0.2, 0.25) is 0 Å². The fourth-order valence-electron chi connectivity index (χ4n) is 1.82. The summed E-state index contributed by atoms with van der Waals surface area (Å²) in [7, 11) is 0. The molecule has 1 aromatic heterocycles. The van der Waals surface area contributed by atoms with E-state index in [1.54, 1.807) is 0 Å². The fraction of sp³-hybridized carbons (Fsp3) is 0.769. The second kappa shape index (κ2) is 6.41. The van der Waals surface area contributed by atoms with Gasteiger partial charge in [0.15, 0.2) is 0 Å². The quantitative estimate of drug-likeness (QED) is 0.864. The highest BCUT2D eigenvalue weighted by Crippen LogP contribution is 2.29. The zero-order valence-corrected chi connectivity index (χ0v) is 11.8. The van der Waals surface area contributed by atoms with E-state index in [0.29, 0.717) is 12.5 Å². The average Bonchev–Trinajstić information content (AvgIpc) is 2.71. The fourth-order valence-corrected chi connectivity index (χ4v) is 1.82. The van der Waals surface area contributed by atoms with Crippen molar-refractivity contribution in [2.24, 2.45) is 11.8 Å². The van der Waals surface area contributed by atoms with Crippen molar-refractivity contribution in [2.75, 3.05) is 13.1 Å². The van der Waals surface area contributed by atoms with Gasteiger partial charge in [-0.25, -0.2) is 0 Å². The number of alkyl halides is 3. The van der Waals surface area contributed by atoms with Crippen molar-refractivity contribution in [1.29, 1.82) is 0 Å². The Bertz CT molecular complexity index is 383. The van der Waals surface area contributed by atoms with Gasteiger partial charge in [-0.15, -0.1) is 0 Å². The van der Waals surface area contributed by atoms with Gasteiger partial charge >= 0.3 is 6.18 Å². The summed E-state index contributed by atoms with van der Waals surface area (Å²) in [6.45, 7) is 9.61. The number of aromatic nitrogens is 2. The topological polar surface area (TPSA) is 29.9 Å². The molecule has 1 N–H and O–H groups in total. The zero-order chi connectivity index (χ0) is 14.6. The lowest BCUT2D eigenvalue weighted by molar-refractivity contribution is -0.137. The first-order valence-corrected chi connectivity index (χ1v) is 6.54. The number of nitrogens with zero attached hydrogens (tertiary/aromatic N) is 2. The van der Waals surface area contributed by atoms with Gasteiger partial charge in [-0.1, -0.05) is 27.7 Å². The van der Waals surface area contributed by atoms with E-state index in [4.69, 9.17) is 0 Å². The molecular weight excluding hydrogens is 255 g/mol. The first-order valence-electron chi connectivity index (χ1n) is 6.54. The Morgan fingerprint density at radius 2 is 1.84 bits per heavy atom. The standard InChI is InChI=1S/C13H22F3N3/c1-9(2)5-17-7-12(10(3)4)19-8-11(6-18-19)13(14,15)16/h6,8-10,12,17H,5,7H2,1-4H3. The highest BCUT2D eigenvalue weighted by Gasteiger charge is 2.33. The SMILES string of the molecule is CC(C)CNCC(C(C)C)n1cc(C(F)(F)F)cn1. The predicted octanol–water partition coefficient (Wildman–Crippen LogP) is 3.34. The molecule has 0 bridgehead atoms. The normalized spacial score (nSPS) is 14.4. The van der Waals surface area contributed by atoms with E-state index in [-0.39, 0.29) is 12.0 Å². The first kappa shape index (κ1) is 16.0. The van der Waals surface area contributed by atoms with Crippen LogP contribution < -0.4 is 5.32 Å². The van der Waals surface area contributed by atoms with E-state index in [2.05, 4.69) is 24.3 Å². The molecule has 0 spiro atoms. The Labute approximate surface area is 112 Å². The van der Waals surface area contributed by atoms with Gasteiger partial charge in [0.2, 0.25) is 0 Å². The van der Waals surface area contributed by atoms with Gasteiger partial charge in [0.25, 0.3) is 0 Å². The Kier molecular flexibility index (Phi) is 5.40. The molecule has 0 saturated heterocycles. The minimum absolute atomic E-state index is 0.0742. The molecule has 6 heteroatoms. The van der Waals surface area contributed by atoms with Crippen molar-refractivity contribution < 1.29 is 13.2 Å². The van der Waals surface area contributed by atoms with Crippen LogP contribution in [0.1, 0.15) is 39.3 Å². The third-order valence-corrected chi connectivity index (χ3v) is 2.94. The van der Waals surface area contributed by atoms with E-state index in [1.165, 1.54) is 4.68 Å². The van der Waals surface area contributed by atoms with E-state index in [1.807, 2.05) is 13.8 Å². The lowest BCUT2D eigenvalue weighted by Crippen LogP contribution is -2.31. The van der Waals surface area contributed by atoms with Crippen molar-refractivity contribution in [3.63, 3.8) is 0 Å². The van der Waals surface area contributed by atoms with Gasteiger partial charge in [-0.05, 0) is 18.4 Å². The Hall–Kier alpha value is -1.04. The summed E-state index contributed by atoms with van der Waals surface area (Å²) in [5.74, 6) is 0.719. The predicted molar refractivity (Wildman–Crippen MR) is 68.8 cm³/mol. The maximum Gasteiger partial charge on any atom is 0.419 e. The van der Waals surface area contributed by atoms with E-state index in [9.17, 15) is 13.2 Å². The highest BCUT2D eigenvalue weighted by molar-refractivity contribution is 5.09. The number of nitrogens with one attached hydrogen (secondary N) is 1. The largest absolute Gasteiger partial charge is 0.419 e. The summed E-state index contributed by atoms with van der Waals surface area (Å²) >= 11 is 0. The second-order valence-corrected chi connectivity index (χ2v) is 5.57. The van der Waals surface area contributed by atoms with Crippen molar-refractivity contribution in [3.8, 4) is 0 Å². The molecule has 1 rings (SSSR count). The van der Waals surface area contributed by atoms with Crippen LogP contribution in [-0.2, 0) is 6.18 Å². The van der Waals surface area contributed by atoms with Crippen LogP contribution >= 0.6 is 0 Å². The van der Waals surface area contributed by atoms with Crippen molar-refractivity contribution in [1.82, 2.24) is 15.1 Å². The second-order valence-electron chi connectivity index (χ2n) is 5.57. The Balaban J connectivity index is 2.74. The molecule has 3 nitrogen and oxygen atoms in total. The summed E-state index contributed by atoms with van der Waals surface area (Å²) < 4.78 is 39.1. The maximum atomic E-state index is 12.6. The van der Waals surface area contributed by atoms with Gasteiger partial charge in [-0.3, -0.25) is 4.68 Å². The van der Waals surface area contributed by atoms with Crippen LogP contribution in [0, 0.1) is 11.8 Å². The molecule has 0 radical (unpaired) electrons. The van der Waals surface area contributed by atoms with Gasteiger partial charge in [0.05, 0.1) is 17.8 Å². The molecule has 0 aliphatic rings. The molecule has 1 heterocycles. The third kappa shape index (κ3) is 4.86. The lowest BCUT2D eigenvalue weighted by atomic mass is 10.0. The maximum absolute atomic E-state index is 12.6. The highest BCUT2D eigenvalue weighted by atomic mass is 19.4. The monoisotopic (exact) mass is 277 g/mol. The van der Waals surface area contributed by atoms with Crippen LogP contribution in [0.4, 0.5) is 13.2 Å². The Morgan fingerprint density at radius 1 is 1.21 bits per heavy atom. The summed E-state index contributed by atoms with van der Waals surface area (Å²) in [6.07, 6.45) is -2.36. The summed E-state index contributed by atoms with van der Waals surface area (Å²) in [6, 6.07) is -0.0742. The van der Waals surface area contributed by atoms with Gasteiger partial charge in [-0.2, -0.15) is 18.3 Å². The molecule has 0 amide bonds. The first-order chi connectivity index (χ1) is 8.71. The molecule has 0 aliphatic carbocycles. The molecular formula is C13H22F3N3. The zero-order valence-electron chi connectivity index (χ0n) is 11.8. The number of hydrogen-bond acceptors (Lipinski definition) is 2. The van der Waals surface area contributed by atoms with Crippen LogP contribution in [0.15, 0.2) is 12.4 Å². The Morgan fingerprint density at radius 3 is 2.26 bits per heavy atom. The van der Waals surface area contributed by atoms with Crippen LogP contribution in [0.25, 0.3) is 0 Å². The van der Waals surface area contributed by atoms with Crippen LogP contribution in [0.5, 0.6) is 0 Å². The van der Waals surface area contributed by atoms with Gasteiger partial charge in [0, 0.05) is 12.7 Å². The smallest absolute Gasteiger partial charge is 0.314 e. The van der Waals surface area contributed by atoms with Crippen LogP contribution in [-0.4, -0.2) is 22.9 Å². The van der Waals surface area contributed by atoms with E-state index >= 15 is 0 Å². The number of halogens is 3. The number of rotatable bonds is 6. The molecule has 1 aromatic rings. The molecule has 0 aromatic carbocycles. The molecule has 1 atom stereocenters. The minimum atomic E-state index is -4.33. The van der Waals surface area contributed by atoms with E-state index in [0.717, 1.165) is 18.9 Å². The average molecular weight is 277 g/mol. The summed E-state index contributed by atoms with van der Waals surface area (Å²) in [4.78, 5) is 0. The number of hydrogen-bond donors (Lipinski definition) is 1. The molecule has 110 valence electrons. The lowest BCUT2D eigenvalue weighted by Gasteiger charge is -2.22. The van der Waals surface area contributed by atoms with Crippen molar-refractivity contribution in [3.05, 3.63) is 18.0 Å². The molecule has 0 aliphatic heterocycles. The van der Waals surface area contributed by atoms with Crippen LogP contribution in [0.3, 0.4) is 0 Å². The van der Waals surface area contributed by atoms with Crippen molar-refractivity contribution >= 4 is 0 Å². The molecule has 1 unspecified atom stereocenters. The van der Waals surface area contributed by atoms with Gasteiger partial charge < -0.3 is 5.32 Å². The molecule has 0 saturated carbocycles. The van der Waals surface area contributed by atoms with Gasteiger partial charge in [0.1, 0.15) is 0 Å². The third-order valence-electron chi connectivity index (χ3n) is 2.94. The molecule has 19 heavy (non-hydrogen) atoms. The minimum Gasteiger partial charge on any atom is -0.314 e. The summed E-state index contributed by atoms with van der Waals surface area (Å²) in [5, 5.41) is 7.13. The van der Waals surface area contributed by atoms with E-state index < -0.39 is 11.7 Å².